The van der Waals surface area contributed by atoms with Crippen LogP contribution in [0.1, 0.15) is 18.4 Å². The van der Waals surface area contributed by atoms with Crippen molar-refractivity contribution in [1.82, 2.24) is 9.80 Å². The molecule has 0 aromatic heterocycles. The molecule has 130 valence electrons. The fraction of sp³-hybridized carbons (Fsp3) is 0.556. The van der Waals surface area contributed by atoms with Crippen LogP contribution >= 0.6 is 0 Å². The number of ether oxygens (including phenoxy) is 1. The van der Waals surface area contributed by atoms with Crippen molar-refractivity contribution in [3.8, 4) is 0 Å². The van der Waals surface area contributed by atoms with Gasteiger partial charge in [-0.15, -0.1) is 0 Å². The van der Waals surface area contributed by atoms with E-state index in [1.807, 2.05) is 11.0 Å². The molecule has 0 N–H and O–H groups in total. The second kappa shape index (κ2) is 7.30. The van der Waals surface area contributed by atoms with Crippen LogP contribution in [0, 0.1) is 11.7 Å². The topological polar surface area (TPSA) is 49.9 Å². The van der Waals surface area contributed by atoms with Crippen molar-refractivity contribution in [3.63, 3.8) is 0 Å². The predicted octanol–water partition coefficient (Wildman–Crippen LogP) is 1.46. The molecule has 0 unspecified atom stereocenters. The highest BCUT2D eigenvalue weighted by Gasteiger charge is 2.35. The van der Waals surface area contributed by atoms with Crippen molar-refractivity contribution in [2.75, 3.05) is 33.3 Å². The van der Waals surface area contributed by atoms with Crippen LogP contribution in [0.4, 0.5) is 4.39 Å². The lowest BCUT2D eigenvalue weighted by Gasteiger charge is -2.37. The number of nitrogens with zero attached hydrogens (tertiary/aromatic N) is 2. The molecule has 0 saturated carbocycles. The Kier molecular flexibility index (Phi) is 5.14. The number of rotatable bonds is 3. The Morgan fingerprint density at radius 3 is 3.00 bits per heavy atom. The van der Waals surface area contributed by atoms with Crippen LogP contribution in [0.25, 0.3) is 0 Å². The Hall–Kier alpha value is -1.95. The van der Waals surface area contributed by atoms with Gasteiger partial charge in [0.15, 0.2) is 0 Å². The molecule has 2 aliphatic rings. The van der Waals surface area contributed by atoms with Crippen molar-refractivity contribution in [3.05, 3.63) is 35.6 Å². The van der Waals surface area contributed by atoms with Crippen LogP contribution < -0.4 is 0 Å². The summed E-state index contributed by atoms with van der Waals surface area (Å²) in [5, 5.41) is 0. The van der Waals surface area contributed by atoms with Crippen molar-refractivity contribution in [2.24, 2.45) is 5.92 Å². The second-order valence-corrected chi connectivity index (χ2v) is 6.64. The van der Waals surface area contributed by atoms with Crippen LogP contribution in [-0.4, -0.2) is 61.0 Å². The standard InChI is InChI=1S/C18H23FN2O3/c1-20-10-14-11-21(8-7-16(14)24-12-18(20)23)17(22)6-5-13-3-2-4-15(19)9-13/h2-4,9,14,16H,5-8,10-12H2,1H3/t14-,16-/m0/s1. The van der Waals surface area contributed by atoms with Crippen LogP contribution in [0.5, 0.6) is 0 Å². The first-order chi connectivity index (χ1) is 11.5. The monoisotopic (exact) mass is 334 g/mol. The van der Waals surface area contributed by atoms with Gasteiger partial charge in [0.05, 0.1) is 6.10 Å². The molecule has 2 atom stereocenters. The third-order valence-corrected chi connectivity index (χ3v) is 4.89. The van der Waals surface area contributed by atoms with E-state index in [1.165, 1.54) is 12.1 Å². The van der Waals surface area contributed by atoms with Crippen LogP contribution in [-0.2, 0) is 20.7 Å². The van der Waals surface area contributed by atoms with Gasteiger partial charge in [-0.2, -0.15) is 0 Å². The van der Waals surface area contributed by atoms with Crippen LogP contribution in [0.2, 0.25) is 0 Å². The quantitative estimate of drug-likeness (QED) is 0.841. The Morgan fingerprint density at radius 1 is 1.38 bits per heavy atom. The Bertz CT molecular complexity index is 622. The maximum Gasteiger partial charge on any atom is 0.248 e. The number of hydrogen-bond acceptors (Lipinski definition) is 3. The van der Waals surface area contributed by atoms with Gasteiger partial charge >= 0.3 is 0 Å². The molecule has 2 saturated heterocycles. The van der Waals surface area contributed by atoms with E-state index in [0.29, 0.717) is 32.5 Å². The number of carbonyl (C=O) groups excluding carboxylic acids is 2. The number of carbonyl (C=O) groups is 2. The van der Waals surface area contributed by atoms with Crippen molar-refractivity contribution >= 4 is 11.8 Å². The third kappa shape index (κ3) is 3.93. The minimum atomic E-state index is -0.274. The van der Waals surface area contributed by atoms with Gasteiger partial charge in [0.25, 0.3) is 0 Å². The van der Waals surface area contributed by atoms with E-state index < -0.39 is 0 Å². The molecule has 2 fully saturated rings. The Morgan fingerprint density at radius 2 is 2.21 bits per heavy atom. The molecule has 2 amide bonds. The largest absolute Gasteiger partial charge is 0.368 e. The number of fused-ring (bicyclic) bond motifs is 1. The summed E-state index contributed by atoms with van der Waals surface area (Å²) >= 11 is 0. The number of hydrogen-bond donors (Lipinski definition) is 0. The first-order valence-corrected chi connectivity index (χ1v) is 8.40. The summed E-state index contributed by atoms with van der Waals surface area (Å²) in [5.41, 5.74) is 0.835. The van der Waals surface area contributed by atoms with E-state index in [9.17, 15) is 14.0 Å². The molecular weight excluding hydrogens is 311 g/mol. The molecule has 1 aromatic rings. The predicted molar refractivity (Wildman–Crippen MR) is 86.8 cm³/mol. The summed E-state index contributed by atoms with van der Waals surface area (Å²) in [6, 6.07) is 6.37. The number of amides is 2. The van der Waals surface area contributed by atoms with Crippen molar-refractivity contribution in [2.45, 2.75) is 25.4 Å². The summed E-state index contributed by atoms with van der Waals surface area (Å²) in [6.07, 6.45) is 1.72. The first-order valence-electron chi connectivity index (χ1n) is 8.40. The summed E-state index contributed by atoms with van der Waals surface area (Å²) in [4.78, 5) is 27.8. The summed E-state index contributed by atoms with van der Waals surface area (Å²) in [5.74, 6) is -0.0401. The summed E-state index contributed by atoms with van der Waals surface area (Å²) in [7, 11) is 1.78. The average Bonchev–Trinajstić information content (AvgIpc) is 2.71. The van der Waals surface area contributed by atoms with E-state index in [4.69, 9.17) is 4.74 Å². The number of likely N-dealkylation sites (N-methyl/N-ethyl adjacent to an activating group) is 1. The lowest BCUT2D eigenvalue weighted by molar-refractivity contribution is -0.137. The highest BCUT2D eigenvalue weighted by atomic mass is 19.1. The maximum atomic E-state index is 13.2. The molecule has 0 bridgehead atoms. The van der Waals surface area contributed by atoms with Gasteiger partial charge in [0.1, 0.15) is 12.4 Å². The number of aryl methyl sites for hydroxylation is 1. The number of piperidine rings is 1. The molecule has 24 heavy (non-hydrogen) atoms. The first kappa shape index (κ1) is 16.9. The van der Waals surface area contributed by atoms with E-state index in [-0.39, 0.29) is 36.3 Å². The summed E-state index contributed by atoms with van der Waals surface area (Å²) < 4.78 is 18.9. The van der Waals surface area contributed by atoms with Crippen LogP contribution in [0.3, 0.4) is 0 Å². The Labute approximate surface area is 141 Å². The number of benzene rings is 1. The normalized spacial score (nSPS) is 24.5. The third-order valence-electron chi connectivity index (χ3n) is 4.89. The van der Waals surface area contributed by atoms with Gasteiger partial charge in [-0.25, -0.2) is 4.39 Å². The minimum Gasteiger partial charge on any atom is -0.368 e. The zero-order valence-corrected chi connectivity index (χ0v) is 13.9. The number of halogens is 1. The van der Waals surface area contributed by atoms with Gasteiger partial charge in [-0.3, -0.25) is 9.59 Å². The van der Waals surface area contributed by atoms with E-state index in [1.54, 1.807) is 18.0 Å². The van der Waals surface area contributed by atoms with Gasteiger partial charge in [-0.1, -0.05) is 12.1 Å². The van der Waals surface area contributed by atoms with Crippen molar-refractivity contribution < 1.29 is 18.7 Å². The molecule has 0 aliphatic carbocycles. The SMILES string of the molecule is CN1C[C@H]2CN(C(=O)CCc3cccc(F)c3)CC[C@@H]2OCC1=O. The van der Waals surface area contributed by atoms with E-state index in [2.05, 4.69) is 0 Å². The molecule has 2 heterocycles. The fourth-order valence-corrected chi connectivity index (χ4v) is 3.48. The highest BCUT2D eigenvalue weighted by Crippen LogP contribution is 2.24. The van der Waals surface area contributed by atoms with Crippen LogP contribution in [0.15, 0.2) is 24.3 Å². The lowest BCUT2D eigenvalue weighted by atomic mass is 9.93. The average molecular weight is 334 g/mol. The minimum absolute atomic E-state index is 0.00613. The lowest BCUT2D eigenvalue weighted by Crippen LogP contribution is -2.48. The second-order valence-electron chi connectivity index (χ2n) is 6.64. The molecule has 3 rings (SSSR count). The number of likely N-dealkylation sites (tertiary alicyclic amines) is 1. The van der Waals surface area contributed by atoms with E-state index >= 15 is 0 Å². The zero-order valence-electron chi connectivity index (χ0n) is 13.9. The molecule has 0 spiro atoms. The Balaban J connectivity index is 1.55. The molecule has 6 heteroatoms. The smallest absolute Gasteiger partial charge is 0.248 e. The zero-order chi connectivity index (χ0) is 17.1. The van der Waals surface area contributed by atoms with Crippen molar-refractivity contribution in [1.29, 1.82) is 0 Å². The molecule has 2 aliphatic heterocycles. The van der Waals surface area contributed by atoms with Gasteiger partial charge in [0, 0.05) is 39.0 Å². The molecule has 1 aromatic carbocycles. The van der Waals surface area contributed by atoms with Gasteiger partial charge in [0.2, 0.25) is 11.8 Å². The maximum absolute atomic E-state index is 13.2. The molecular formula is C18H23FN2O3. The summed E-state index contributed by atoms with van der Waals surface area (Å²) in [6.45, 7) is 2.02. The molecule has 0 radical (unpaired) electrons. The molecule has 5 nitrogen and oxygen atoms in total. The van der Waals surface area contributed by atoms with Gasteiger partial charge < -0.3 is 14.5 Å². The fourth-order valence-electron chi connectivity index (χ4n) is 3.48. The van der Waals surface area contributed by atoms with E-state index in [0.717, 1.165) is 12.0 Å². The highest BCUT2D eigenvalue weighted by molar-refractivity contribution is 5.78. The van der Waals surface area contributed by atoms with Gasteiger partial charge in [-0.05, 0) is 30.5 Å².